The molecule has 0 aromatic carbocycles. The van der Waals surface area contributed by atoms with E-state index >= 15 is 0 Å². The van der Waals surface area contributed by atoms with Gasteiger partial charge in [0.2, 0.25) is 0 Å². The fourth-order valence-electron chi connectivity index (χ4n) is 0.561. The van der Waals surface area contributed by atoms with Gasteiger partial charge in [0.15, 0.2) is 0 Å². The maximum atomic E-state index is 3.68. The fourth-order valence-corrected chi connectivity index (χ4v) is 0.561. The summed E-state index contributed by atoms with van der Waals surface area (Å²) in [7, 11) is 0. The Hall–Kier alpha value is -0.560. The smallest absolute Gasteiger partial charge is 0.0201 e. The van der Waals surface area contributed by atoms with Crippen LogP contribution in [-0.2, 0) is 0 Å². The Morgan fingerprint density at radius 1 is 1.67 bits per heavy atom. The second kappa shape index (κ2) is 5.57. The van der Waals surface area contributed by atoms with Gasteiger partial charge >= 0.3 is 0 Å². The number of allylic oxidation sites excluding steroid dienone is 1. The molecule has 9 heavy (non-hydrogen) atoms. The van der Waals surface area contributed by atoms with Crippen molar-refractivity contribution in [3.63, 3.8) is 0 Å². The van der Waals surface area contributed by atoms with Crippen LogP contribution in [0.5, 0.6) is 0 Å². The van der Waals surface area contributed by atoms with Crippen LogP contribution in [0.4, 0.5) is 0 Å². The molecule has 0 fully saturated rings. The molecule has 52 valence electrons. The predicted molar refractivity (Wildman–Crippen MR) is 42.5 cm³/mol. The maximum Gasteiger partial charge on any atom is 0.0201 e. The molecular weight excluding hydrogens is 110 g/mol. The van der Waals surface area contributed by atoms with Crippen LogP contribution in [0.1, 0.15) is 13.8 Å². The first kappa shape index (κ1) is 8.44. The zero-order valence-electron chi connectivity index (χ0n) is 6.28. The Morgan fingerprint density at radius 2 is 2.33 bits per heavy atom. The molecule has 0 heterocycles. The molecule has 0 saturated heterocycles. The second-order valence-electron chi connectivity index (χ2n) is 1.85. The first-order valence-corrected chi connectivity index (χ1v) is 3.33. The number of hydrogen-bond acceptors (Lipinski definition) is 1. The normalized spacial score (nSPS) is 11.6. The van der Waals surface area contributed by atoms with Gasteiger partial charge in [-0.3, -0.25) is 0 Å². The van der Waals surface area contributed by atoms with E-state index in [4.69, 9.17) is 0 Å². The Balaban J connectivity index is 3.45. The van der Waals surface area contributed by atoms with Crippen molar-refractivity contribution in [2.24, 2.45) is 0 Å². The molecule has 0 atom stereocenters. The van der Waals surface area contributed by atoms with Gasteiger partial charge in [-0.1, -0.05) is 25.7 Å². The van der Waals surface area contributed by atoms with E-state index in [0.717, 1.165) is 13.1 Å². The van der Waals surface area contributed by atoms with Crippen molar-refractivity contribution in [2.45, 2.75) is 13.8 Å². The highest BCUT2D eigenvalue weighted by Crippen LogP contribution is 1.90. The molecular formula is C8H15N. The summed E-state index contributed by atoms with van der Waals surface area (Å²) in [6.45, 7) is 9.75. The minimum atomic E-state index is 0.941. The lowest BCUT2D eigenvalue weighted by atomic mass is 10.2. The van der Waals surface area contributed by atoms with Crippen LogP contribution in [0, 0.1) is 0 Å². The third-order valence-electron chi connectivity index (χ3n) is 1.21. The lowest BCUT2D eigenvalue weighted by Gasteiger charge is -1.99. The van der Waals surface area contributed by atoms with E-state index in [-0.39, 0.29) is 0 Å². The molecule has 1 N–H and O–H groups in total. The highest BCUT2D eigenvalue weighted by Gasteiger charge is 1.84. The van der Waals surface area contributed by atoms with Gasteiger partial charge in [0.05, 0.1) is 0 Å². The monoisotopic (exact) mass is 125 g/mol. The van der Waals surface area contributed by atoms with Gasteiger partial charge in [-0.05, 0) is 19.0 Å². The maximum absolute atomic E-state index is 3.68. The molecule has 0 rings (SSSR count). The van der Waals surface area contributed by atoms with E-state index in [0.29, 0.717) is 0 Å². The van der Waals surface area contributed by atoms with Crippen LogP contribution in [-0.4, -0.2) is 13.1 Å². The predicted octanol–water partition coefficient (Wildman–Crippen LogP) is 1.73. The van der Waals surface area contributed by atoms with E-state index in [1.54, 1.807) is 0 Å². The largest absolute Gasteiger partial charge is 0.313 e. The lowest BCUT2D eigenvalue weighted by molar-refractivity contribution is 0.784. The van der Waals surface area contributed by atoms with Crippen molar-refractivity contribution in [3.05, 3.63) is 24.3 Å². The molecule has 0 spiro atoms. The van der Waals surface area contributed by atoms with Gasteiger partial charge in [0.1, 0.15) is 0 Å². The number of rotatable bonds is 4. The van der Waals surface area contributed by atoms with Crippen LogP contribution in [0.25, 0.3) is 0 Å². The van der Waals surface area contributed by atoms with E-state index in [2.05, 4.69) is 24.9 Å². The minimum Gasteiger partial charge on any atom is -0.313 e. The molecule has 0 aliphatic rings. The van der Waals surface area contributed by atoms with E-state index in [1.807, 2.05) is 13.0 Å². The molecule has 0 unspecified atom stereocenters. The summed E-state index contributed by atoms with van der Waals surface area (Å²) >= 11 is 0. The summed E-state index contributed by atoms with van der Waals surface area (Å²) in [6.07, 6.45) is 3.94. The molecule has 1 nitrogen and oxygen atoms in total. The molecule has 0 aliphatic carbocycles. The average molecular weight is 125 g/mol. The van der Waals surface area contributed by atoms with Crippen molar-refractivity contribution in [3.8, 4) is 0 Å². The van der Waals surface area contributed by atoms with Crippen LogP contribution >= 0.6 is 0 Å². The van der Waals surface area contributed by atoms with Crippen LogP contribution in [0.3, 0.4) is 0 Å². The van der Waals surface area contributed by atoms with Gasteiger partial charge in [-0.15, -0.1) is 0 Å². The Bertz CT molecular complexity index is 103. The quantitative estimate of drug-likeness (QED) is 0.564. The second-order valence-corrected chi connectivity index (χ2v) is 1.85. The zero-order chi connectivity index (χ0) is 7.11. The Kier molecular flexibility index (Phi) is 5.23. The molecule has 0 amide bonds. The van der Waals surface area contributed by atoms with Crippen LogP contribution < -0.4 is 5.32 Å². The Morgan fingerprint density at radius 3 is 2.67 bits per heavy atom. The highest BCUT2D eigenvalue weighted by molar-refractivity contribution is 5.16. The van der Waals surface area contributed by atoms with Crippen LogP contribution in [0.15, 0.2) is 24.3 Å². The van der Waals surface area contributed by atoms with Crippen molar-refractivity contribution < 1.29 is 0 Å². The summed E-state index contributed by atoms with van der Waals surface area (Å²) < 4.78 is 0. The highest BCUT2D eigenvalue weighted by atomic mass is 14.8. The number of nitrogens with one attached hydrogen (secondary N) is 1. The molecule has 0 aromatic rings. The van der Waals surface area contributed by atoms with Crippen molar-refractivity contribution >= 4 is 0 Å². The van der Waals surface area contributed by atoms with Crippen molar-refractivity contribution in [2.75, 3.05) is 13.1 Å². The molecule has 0 aliphatic heterocycles. The SMILES string of the molecule is C=C/C(=C\C)CNCC. The topological polar surface area (TPSA) is 12.0 Å². The van der Waals surface area contributed by atoms with E-state index in [1.165, 1.54) is 5.57 Å². The van der Waals surface area contributed by atoms with Gasteiger partial charge in [-0.2, -0.15) is 0 Å². The Labute approximate surface area is 57.5 Å². The fraction of sp³-hybridized carbons (Fsp3) is 0.500. The summed E-state index contributed by atoms with van der Waals surface area (Å²) in [6, 6.07) is 0. The standard InChI is InChI=1S/C8H15N/c1-4-8(5-2)7-9-6-3/h4-5,9H,1,6-7H2,2-3H3/b8-5+. The lowest BCUT2D eigenvalue weighted by Crippen LogP contribution is -2.14. The van der Waals surface area contributed by atoms with Crippen molar-refractivity contribution in [1.29, 1.82) is 0 Å². The molecule has 0 radical (unpaired) electrons. The third kappa shape index (κ3) is 3.98. The zero-order valence-corrected chi connectivity index (χ0v) is 6.28. The van der Waals surface area contributed by atoms with Gasteiger partial charge in [0, 0.05) is 6.54 Å². The summed E-state index contributed by atoms with van der Waals surface area (Å²) in [5, 5.41) is 3.21. The van der Waals surface area contributed by atoms with E-state index in [9.17, 15) is 0 Å². The molecule has 0 aromatic heterocycles. The number of likely N-dealkylation sites (N-methyl/N-ethyl adjacent to an activating group) is 1. The molecule has 1 heteroatoms. The molecule has 0 bridgehead atoms. The minimum absolute atomic E-state index is 0.941. The van der Waals surface area contributed by atoms with E-state index < -0.39 is 0 Å². The van der Waals surface area contributed by atoms with Gasteiger partial charge in [0.25, 0.3) is 0 Å². The average Bonchev–Trinajstić information content (AvgIpc) is 1.91. The van der Waals surface area contributed by atoms with Gasteiger partial charge in [-0.25, -0.2) is 0 Å². The van der Waals surface area contributed by atoms with Crippen LogP contribution in [0.2, 0.25) is 0 Å². The summed E-state index contributed by atoms with van der Waals surface area (Å²) in [5.74, 6) is 0. The summed E-state index contributed by atoms with van der Waals surface area (Å²) in [4.78, 5) is 0. The van der Waals surface area contributed by atoms with Gasteiger partial charge < -0.3 is 5.32 Å². The summed E-state index contributed by atoms with van der Waals surface area (Å²) in [5.41, 5.74) is 1.26. The van der Waals surface area contributed by atoms with Crippen molar-refractivity contribution in [1.82, 2.24) is 5.32 Å². The first-order valence-electron chi connectivity index (χ1n) is 3.33. The third-order valence-corrected chi connectivity index (χ3v) is 1.21. The number of hydrogen-bond donors (Lipinski definition) is 1. The first-order chi connectivity index (χ1) is 4.35. The molecule has 0 saturated carbocycles.